The molecule has 4 rings (SSSR count). The molecule has 136 valence electrons. The van der Waals surface area contributed by atoms with Gasteiger partial charge in [-0.3, -0.25) is 4.79 Å². The number of carbonyl (C=O) groups is 1. The lowest BCUT2D eigenvalue weighted by Gasteiger charge is -2.10. The third-order valence-electron chi connectivity index (χ3n) is 4.12. The number of hydrogen-bond acceptors (Lipinski definition) is 7. The molecule has 1 N–H and O–H groups in total. The summed E-state index contributed by atoms with van der Waals surface area (Å²) in [6, 6.07) is 10.4. The van der Waals surface area contributed by atoms with Crippen molar-refractivity contribution in [2.75, 3.05) is 11.9 Å². The zero-order chi connectivity index (χ0) is 18.8. The van der Waals surface area contributed by atoms with Gasteiger partial charge in [0, 0.05) is 34.0 Å². The SMILES string of the molecule is CC1=C(C(=O)Nc2ccc(-c3cc(-c4nccs4)ccc3C)s2)SN=NC1. The maximum atomic E-state index is 12.5. The summed E-state index contributed by atoms with van der Waals surface area (Å²) in [5.74, 6) is -0.127. The van der Waals surface area contributed by atoms with Gasteiger partial charge in [0.1, 0.15) is 5.01 Å². The number of benzene rings is 1. The van der Waals surface area contributed by atoms with E-state index in [0.717, 1.165) is 43.5 Å². The highest BCUT2D eigenvalue weighted by Crippen LogP contribution is 2.37. The Morgan fingerprint density at radius 3 is 2.85 bits per heavy atom. The second-order valence-corrected chi connectivity index (χ2v) is 8.80. The summed E-state index contributed by atoms with van der Waals surface area (Å²) in [6.45, 7) is 4.48. The maximum absolute atomic E-state index is 12.5. The summed E-state index contributed by atoms with van der Waals surface area (Å²) in [4.78, 5) is 18.6. The number of nitrogens with zero attached hydrogens (tertiary/aromatic N) is 3. The van der Waals surface area contributed by atoms with E-state index in [2.05, 4.69) is 45.1 Å². The highest BCUT2D eigenvalue weighted by Gasteiger charge is 2.18. The quantitative estimate of drug-likeness (QED) is 0.521. The first-order chi connectivity index (χ1) is 13.1. The average molecular weight is 413 g/mol. The summed E-state index contributed by atoms with van der Waals surface area (Å²) in [6.07, 6.45) is 1.82. The highest BCUT2D eigenvalue weighted by molar-refractivity contribution is 8.02. The van der Waals surface area contributed by atoms with Crippen molar-refractivity contribution in [3.63, 3.8) is 0 Å². The molecular formula is C19H16N4OS3. The van der Waals surface area contributed by atoms with Crippen LogP contribution in [0.25, 0.3) is 21.0 Å². The molecule has 8 heteroatoms. The van der Waals surface area contributed by atoms with Crippen molar-refractivity contribution in [2.45, 2.75) is 13.8 Å². The van der Waals surface area contributed by atoms with Gasteiger partial charge in [0.25, 0.3) is 5.91 Å². The van der Waals surface area contributed by atoms with E-state index in [1.165, 1.54) is 5.56 Å². The fraction of sp³-hybridized carbons (Fsp3) is 0.158. The Balaban J connectivity index is 1.58. The number of thiazole rings is 1. The molecule has 0 fully saturated rings. The van der Waals surface area contributed by atoms with Crippen LogP contribution in [-0.2, 0) is 4.79 Å². The van der Waals surface area contributed by atoms with E-state index in [1.807, 2.05) is 30.6 Å². The molecule has 0 unspecified atom stereocenters. The summed E-state index contributed by atoms with van der Waals surface area (Å²) >= 11 is 4.32. The van der Waals surface area contributed by atoms with E-state index in [9.17, 15) is 4.79 Å². The van der Waals surface area contributed by atoms with Gasteiger partial charge in [-0.15, -0.1) is 27.2 Å². The standard InChI is InChI=1S/C19H16N4OS3/c1-11-3-4-13(19-20-7-8-25-19)9-14(11)15-5-6-16(26-15)22-18(24)17-12(2)10-21-23-27-17/h3-9H,10H2,1-2H3,(H,22,24). The Bertz CT molecular complexity index is 1050. The van der Waals surface area contributed by atoms with Gasteiger partial charge in [-0.05, 0) is 48.7 Å². The zero-order valence-corrected chi connectivity index (χ0v) is 17.2. The summed E-state index contributed by atoms with van der Waals surface area (Å²) in [5.41, 5.74) is 4.40. The molecule has 0 saturated carbocycles. The van der Waals surface area contributed by atoms with Crippen molar-refractivity contribution in [1.82, 2.24) is 4.98 Å². The number of nitrogens with one attached hydrogen (secondary N) is 1. The molecule has 1 aliphatic rings. The molecule has 0 bridgehead atoms. The van der Waals surface area contributed by atoms with Gasteiger partial charge in [-0.1, -0.05) is 12.1 Å². The van der Waals surface area contributed by atoms with Gasteiger partial charge < -0.3 is 5.32 Å². The average Bonchev–Trinajstić information content (AvgIpc) is 3.34. The molecule has 3 aromatic rings. The Hall–Kier alpha value is -2.29. The molecule has 5 nitrogen and oxygen atoms in total. The number of carbonyl (C=O) groups excluding carboxylic acids is 1. The van der Waals surface area contributed by atoms with Crippen LogP contribution in [0.1, 0.15) is 12.5 Å². The fourth-order valence-electron chi connectivity index (χ4n) is 2.69. The van der Waals surface area contributed by atoms with Gasteiger partial charge >= 0.3 is 0 Å². The van der Waals surface area contributed by atoms with E-state index < -0.39 is 0 Å². The van der Waals surface area contributed by atoms with E-state index >= 15 is 0 Å². The largest absolute Gasteiger partial charge is 0.313 e. The first kappa shape index (κ1) is 18.1. The molecule has 0 radical (unpaired) electrons. The summed E-state index contributed by atoms with van der Waals surface area (Å²) in [5, 5.41) is 10.7. The van der Waals surface area contributed by atoms with E-state index in [-0.39, 0.29) is 5.91 Å². The van der Waals surface area contributed by atoms with Gasteiger partial charge in [-0.25, -0.2) is 4.98 Å². The molecule has 1 aliphatic heterocycles. The topological polar surface area (TPSA) is 66.7 Å². The van der Waals surface area contributed by atoms with Crippen LogP contribution >= 0.6 is 34.6 Å². The molecular weight excluding hydrogens is 396 g/mol. The van der Waals surface area contributed by atoms with Crippen LogP contribution in [0.2, 0.25) is 0 Å². The van der Waals surface area contributed by atoms with Crippen LogP contribution in [0.15, 0.2) is 62.0 Å². The van der Waals surface area contributed by atoms with Crippen LogP contribution in [0.5, 0.6) is 0 Å². The predicted octanol–water partition coefficient (Wildman–Crippen LogP) is 6.17. The second-order valence-electron chi connectivity index (χ2n) is 6.07. The van der Waals surface area contributed by atoms with Crippen molar-refractivity contribution in [1.29, 1.82) is 0 Å². The van der Waals surface area contributed by atoms with E-state index in [0.29, 0.717) is 11.4 Å². The van der Waals surface area contributed by atoms with Crippen molar-refractivity contribution < 1.29 is 4.79 Å². The second kappa shape index (κ2) is 7.75. The molecule has 0 atom stereocenters. The lowest BCUT2D eigenvalue weighted by atomic mass is 10.0. The third kappa shape index (κ3) is 3.87. The lowest BCUT2D eigenvalue weighted by molar-refractivity contribution is -0.112. The minimum atomic E-state index is -0.127. The number of hydrogen-bond donors (Lipinski definition) is 1. The minimum absolute atomic E-state index is 0.127. The van der Waals surface area contributed by atoms with Crippen molar-refractivity contribution >= 4 is 45.5 Å². The number of aromatic nitrogens is 1. The van der Waals surface area contributed by atoms with Crippen molar-refractivity contribution in [3.8, 4) is 21.0 Å². The first-order valence-corrected chi connectivity index (χ1v) is 10.7. The summed E-state index contributed by atoms with van der Waals surface area (Å²) in [7, 11) is 0. The molecule has 0 aliphatic carbocycles. The predicted molar refractivity (Wildman–Crippen MR) is 114 cm³/mol. The smallest absolute Gasteiger partial charge is 0.264 e. The number of amides is 1. The fourth-order valence-corrected chi connectivity index (χ4v) is 4.86. The van der Waals surface area contributed by atoms with Crippen LogP contribution < -0.4 is 5.32 Å². The Labute approximate surface area is 169 Å². The molecule has 2 aromatic heterocycles. The number of anilines is 1. The summed E-state index contributed by atoms with van der Waals surface area (Å²) < 4.78 is 3.89. The van der Waals surface area contributed by atoms with Crippen LogP contribution in [0.4, 0.5) is 5.00 Å². The van der Waals surface area contributed by atoms with Crippen LogP contribution in [-0.4, -0.2) is 17.4 Å². The van der Waals surface area contributed by atoms with Crippen molar-refractivity contribution in [3.05, 3.63) is 58.0 Å². The Kier molecular flexibility index (Phi) is 5.20. The minimum Gasteiger partial charge on any atom is -0.313 e. The third-order valence-corrected chi connectivity index (χ3v) is 6.89. The van der Waals surface area contributed by atoms with E-state index in [1.54, 1.807) is 22.7 Å². The Morgan fingerprint density at radius 1 is 1.19 bits per heavy atom. The van der Waals surface area contributed by atoms with Gasteiger partial charge in [0.2, 0.25) is 0 Å². The van der Waals surface area contributed by atoms with Gasteiger partial charge in [-0.2, -0.15) is 5.11 Å². The maximum Gasteiger partial charge on any atom is 0.264 e. The number of aryl methyl sites for hydroxylation is 1. The van der Waals surface area contributed by atoms with Gasteiger partial charge in [0.05, 0.1) is 16.5 Å². The molecule has 1 amide bonds. The molecule has 0 spiro atoms. The van der Waals surface area contributed by atoms with Crippen LogP contribution in [0.3, 0.4) is 0 Å². The zero-order valence-electron chi connectivity index (χ0n) is 14.7. The van der Waals surface area contributed by atoms with E-state index in [4.69, 9.17) is 0 Å². The molecule has 1 aromatic carbocycles. The first-order valence-electron chi connectivity index (χ1n) is 8.27. The highest BCUT2D eigenvalue weighted by atomic mass is 32.2. The number of thiophene rings is 1. The Morgan fingerprint density at radius 2 is 2.07 bits per heavy atom. The molecule has 3 heterocycles. The monoisotopic (exact) mass is 412 g/mol. The van der Waals surface area contributed by atoms with Crippen LogP contribution in [0, 0.1) is 6.92 Å². The molecule has 27 heavy (non-hydrogen) atoms. The van der Waals surface area contributed by atoms with Gasteiger partial charge in [0.15, 0.2) is 0 Å². The number of rotatable bonds is 4. The molecule has 0 saturated heterocycles. The van der Waals surface area contributed by atoms with Crippen molar-refractivity contribution in [2.24, 2.45) is 9.63 Å². The normalized spacial score (nSPS) is 13.9. The lowest BCUT2D eigenvalue weighted by Crippen LogP contribution is -2.14.